The van der Waals surface area contributed by atoms with Gasteiger partial charge < -0.3 is 5.11 Å². The minimum absolute atomic E-state index is 0.118. The molecular weight excluding hydrogens is 180 g/mol. The third-order valence-corrected chi connectivity index (χ3v) is 2.36. The third-order valence-electron chi connectivity index (χ3n) is 2.36. The van der Waals surface area contributed by atoms with E-state index in [1.165, 1.54) is 0 Å². The average molecular weight is 196 g/mol. The Morgan fingerprint density at radius 1 is 1.64 bits per heavy atom. The van der Waals surface area contributed by atoms with Crippen molar-refractivity contribution in [3.8, 4) is 0 Å². The number of carbonyl (C=O) groups is 1. The SMILES string of the molecule is Cc1cnn(C)c1C(C)(C)CC(=O)O. The van der Waals surface area contributed by atoms with Crippen LogP contribution in [0.2, 0.25) is 0 Å². The van der Waals surface area contributed by atoms with Gasteiger partial charge >= 0.3 is 5.97 Å². The minimum atomic E-state index is -0.782. The van der Waals surface area contributed by atoms with Crippen LogP contribution in [0.25, 0.3) is 0 Å². The van der Waals surface area contributed by atoms with Crippen LogP contribution < -0.4 is 0 Å². The van der Waals surface area contributed by atoms with E-state index in [0.717, 1.165) is 11.3 Å². The van der Waals surface area contributed by atoms with Crippen LogP contribution in [-0.4, -0.2) is 20.9 Å². The van der Waals surface area contributed by atoms with Gasteiger partial charge in [0, 0.05) is 18.2 Å². The van der Waals surface area contributed by atoms with Crippen molar-refractivity contribution >= 4 is 5.97 Å². The normalized spacial score (nSPS) is 11.7. The monoisotopic (exact) mass is 196 g/mol. The van der Waals surface area contributed by atoms with E-state index in [1.807, 2.05) is 27.8 Å². The van der Waals surface area contributed by atoms with Crippen LogP contribution in [0.1, 0.15) is 31.5 Å². The maximum absolute atomic E-state index is 10.7. The molecule has 4 heteroatoms. The van der Waals surface area contributed by atoms with E-state index in [0.29, 0.717) is 0 Å². The van der Waals surface area contributed by atoms with Crippen molar-refractivity contribution in [3.05, 3.63) is 17.5 Å². The summed E-state index contributed by atoms with van der Waals surface area (Å²) in [6.45, 7) is 5.79. The van der Waals surface area contributed by atoms with Crippen LogP contribution in [0.4, 0.5) is 0 Å². The molecule has 14 heavy (non-hydrogen) atoms. The van der Waals surface area contributed by atoms with Crippen molar-refractivity contribution in [2.24, 2.45) is 7.05 Å². The van der Waals surface area contributed by atoms with E-state index in [2.05, 4.69) is 5.10 Å². The van der Waals surface area contributed by atoms with Gasteiger partial charge in [0.05, 0.1) is 12.6 Å². The highest BCUT2D eigenvalue weighted by Crippen LogP contribution is 2.28. The lowest BCUT2D eigenvalue weighted by molar-refractivity contribution is -0.138. The number of nitrogens with zero attached hydrogens (tertiary/aromatic N) is 2. The number of carboxylic acid groups (broad SMARTS) is 1. The number of carboxylic acids is 1. The fourth-order valence-electron chi connectivity index (χ4n) is 1.98. The highest BCUT2D eigenvalue weighted by atomic mass is 16.4. The Kier molecular flexibility index (Phi) is 2.64. The van der Waals surface area contributed by atoms with Gasteiger partial charge in [-0.3, -0.25) is 9.48 Å². The quantitative estimate of drug-likeness (QED) is 0.796. The Morgan fingerprint density at radius 3 is 2.57 bits per heavy atom. The summed E-state index contributed by atoms with van der Waals surface area (Å²) >= 11 is 0. The molecule has 0 aromatic carbocycles. The summed E-state index contributed by atoms with van der Waals surface area (Å²) in [5, 5.41) is 12.9. The molecule has 1 aromatic rings. The lowest BCUT2D eigenvalue weighted by atomic mass is 9.84. The van der Waals surface area contributed by atoms with Crippen LogP contribution in [0.5, 0.6) is 0 Å². The van der Waals surface area contributed by atoms with Crippen molar-refractivity contribution in [3.63, 3.8) is 0 Å². The number of hydrogen-bond acceptors (Lipinski definition) is 2. The van der Waals surface area contributed by atoms with Gasteiger partial charge in [0.2, 0.25) is 0 Å². The highest BCUT2D eigenvalue weighted by Gasteiger charge is 2.28. The molecule has 0 fully saturated rings. The first-order chi connectivity index (χ1) is 6.34. The van der Waals surface area contributed by atoms with Gasteiger partial charge in [-0.05, 0) is 12.5 Å². The molecule has 0 aliphatic rings. The second-order valence-electron chi connectivity index (χ2n) is 4.25. The molecule has 4 nitrogen and oxygen atoms in total. The number of aliphatic carboxylic acids is 1. The predicted molar refractivity (Wildman–Crippen MR) is 53.2 cm³/mol. The molecular formula is C10H16N2O2. The summed E-state index contributed by atoms with van der Waals surface area (Å²) in [4.78, 5) is 10.7. The van der Waals surface area contributed by atoms with E-state index in [1.54, 1.807) is 10.9 Å². The molecule has 0 atom stereocenters. The fraction of sp³-hybridized carbons (Fsp3) is 0.600. The molecule has 0 saturated heterocycles. The van der Waals surface area contributed by atoms with Crippen molar-refractivity contribution in [1.29, 1.82) is 0 Å². The summed E-state index contributed by atoms with van der Waals surface area (Å²) in [7, 11) is 1.84. The molecule has 0 saturated carbocycles. The first-order valence-corrected chi connectivity index (χ1v) is 4.55. The zero-order chi connectivity index (χ0) is 10.9. The number of rotatable bonds is 3. The average Bonchev–Trinajstić information content (AvgIpc) is 2.27. The first kappa shape index (κ1) is 10.8. The maximum atomic E-state index is 10.7. The molecule has 0 aliphatic carbocycles. The van der Waals surface area contributed by atoms with Gasteiger partial charge in [-0.15, -0.1) is 0 Å². The first-order valence-electron chi connectivity index (χ1n) is 4.55. The minimum Gasteiger partial charge on any atom is -0.481 e. The largest absolute Gasteiger partial charge is 0.481 e. The Labute approximate surface area is 83.5 Å². The van der Waals surface area contributed by atoms with Crippen molar-refractivity contribution in [2.45, 2.75) is 32.6 Å². The summed E-state index contributed by atoms with van der Waals surface area (Å²) in [5.41, 5.74) is 1.65. The zero-order valence-electron chi connectivity index (χ0n) is 9.03. The lowest BCUT2D eigenvalue weighted by Crippen LogP contribution is -2.25. The van der Waals surface area contributed by atoms with Gasteiger partial charge in [0.1, 0.15) is 0 Å². The molecule has 1 heterocycles. The van der Waals surface area contributed by atoms with Crippen LogP contribution in [0.15, 0.2) is 6.20 Å². The van der Waals surface area contributed by atoms with E-state index in [4.69, 9.17) is 5.11 Å². The summed E-state index contributed by atoms with van der Waals surface area (Å²) in [6.07, 6.45) is 1.88. The Balaban J connectivity index is 3.08. The molecule has 1 rings (SSSR count). The third kappa shape index (κ3) is 1.95. The second kappa shape index (κ2) is 3.44. The van der Waals surface area contributed by atoms with Crippen molar-refractivity contribution in [2.75, 3.05) is 0 Å². The molecule has 0 aliphatic heterocycles. The zero-order valence-corrected chi connectivity index (χ0v) is 9.03. The topological polar surface area (TPSA) is 55.1 Å². The van der Waals surface area contributed by atoms with E-state index in [9.17, 15) is 4.79 Å². The van der Waals surface area contributed by atoms with Crippen LogP contribution in [-0.2, 0) is 17.3 Å². The van der Waals surface area contributed by atoms with E-state index < -0.39 is 5.97 Å². The Bertz CT molecular complexity index is 334. The molecule has 0 radical (unpaired) electrons. The highest BCUT2D eigenvalue weighted by molar-refractivity contribution is 5.68. The molecule has 0 unspecified atom stereocenters. The number of aromatic nitrogens is 2. The van der Waals surface area contributed by atoms with Crippen LogP contribution >= 0.6 is 0 Å². The molecule has 1 N–H and O–H groups in total. The van der Waals surface area contributed by atoms with Crippen molar-refractivity contribution in [1.82, 2.24) is 9.78 Å². The van der Waals surface area contributed by atoms with Crippen LogP contribution in [0.3, 0.4) is 0 Å². The summed E-state index contributed by atoms with van der Waals surface area (Å²) < 4.78 is 1.75. The van der Waals surface area contributed by atoms with Gasteiger partial charge in [0.25, 0.3) is 0 Å². The predicted octanol–water partition coefficient (Wildman–Crippen LogP) is 1.48. The van der Waals surface area contributed by atoms with Gasteiger partial charge in [-0.1, -0.05) is 13.8 Å². The fourth-order valence-corrected chi connectivity index (χ4v) is 1.98. The number of hydrogen-bond donors (Lipinski definition) is 1. The molecule has 0 bridgehead atoms. The van der Waals surface area contributed by atoms with E-state index in [-0.39, 0.29) is 11.8 Å². The second-order valence-corrected chi connectivity index (χ2v) is 4.25. The molecule has 78 valence electrons. The molecule has 0 amide bonds. The molecule has 1 aromatic heterocycles. The Hall–Kier alpha value is -1.32. The summed E-state index contributed by atoms with van der Waals surface area (Å²) in [5.74, 6) is -0.782. The van der Waals surface area contributed by atoms with E-state index >= 15 is 0 Å². The Morgan fingerprint density at radius 2 is 2.21 bits per heavy atom. The van der Waals surface area contributed by atoms with Gasteiger partial charge in [-0.25, -0.2) is 0 Å². The van der Waals surface area contributed by atoms with Gasteiger partial charge in [0.15, 0.2) is 0 Å². The van der Waals surface area contributed by atoms with Gasteiger partial charge in [-0.2, -0.15) is 5.10 Å². The smallest absolute Gasteiger partial charge is 0.304 e. The standard InChI is InChI=1S/C10H16N2O2/c1-7-6-11-12(4)9(7)10(2,3)5-8(13)14/h6H,5H2,1-4H3,(H,13,14). The number of aryl methyl sites for hydroxylation is 2. The lowest BCUT2D eigenvalue weighted by Gasteiger charge is -2.23. The van der Waals surface area contributed by atoms with Crippen LogP contribution in [0, 0.1) is 6.92 Å². The maximum Gasteiger partial charge on any atom is 0.304 e. The summed E-state index contributed by atoms with van der Waals surface area (Å²) in [6, 6.07) is 0. The molecule has 0 spiro atoms. The van der Waals surface area contributed by atoms with Crippen molar-refractivity contribution < 1.29 is 9.90 Å².